The van der Waals surface area contributed by atoms with Crippen LogP contribution in [0, 0.1) is 0 Å². The molecule has 102 valence electrons. The Labute approximate surface area is 114 Å². The highest BCUT2D eigenvalue weighted by molar-refractivity contribution is 5.46. The molecule has 0 unspecified atom stereocenters. The predicted molar refractivity (Wildman–Crippen MR) is 79.2 cm³/mol. The van der Waals surface area contributed by atoms with Gasteiger partial charge < -0.3 is 10.6 Å². The van der Waals surface area contributed by atoms with Gasteiger partial charge in [-0.05, 0) is 37.1 Å². The molecular formula is C15H22N4. The van der Waals surface area contributed by atoms with E-state index in [2.05, 4.69) is 40.5 Å². The van der Waals surface area contributed by atoms with Crippen LogP contribution in [0.1, 0.15) is 12.0 Å². The molecule has 0 atom stereocenters. The number of anilines is 1. The number of hydrogen-bond acceptors (Lipinski definition) is 3. The van der Waals surface area contributed by atoms with Gasteiger partial charge in [0.15, 0.2) is 0 Å². The minimum atomic E-state index is 0.732. The number of nitrogens with two attached hydrogens (primary N) is 1. The maximum Gasteiger partial charge on any atom is 0.0522 e. The maximum absolute atomic E-state index is 5.63. The minimum Gasteiger partial charge on any atom is -0.371 e. The summed E-state index contributed by atoms with van der Waals surface area (Å²) >= 11 is 0. The molecule has 0 bridgehead atoms. The van der Waals surface area contributed by atoms with Crippen molar-refractivity contribution >= 4 is 5.69 Å². The van der Waals surface area contributed by atoms with Crippen molar-refractivity contribution in [1.29, 1.82) is 0 Å². The van der Waals surface area contributed by atoms with Gasteiger partial charge in [-0.2, -0.15) is 5.10 Å². The fourth-order valence-corrected chi connectivity index (χ4v) is 2.16. The standard InChI is InChI=1S/C15H22N4/c1-18-13-14(12-17-18)8-11-19(10-5-9-16)15-6-3-2-4-7-15/h2-4,6-7,12-13H,5,8-11,16H2,1H3. The molecular weight excluding hydrogens is 236 g/mol. The number of nitrogens with zero attached hydrogens (tertiary/aromatic N) is 3. The summed E-state index contributed by atoms with van der Waals surface area (Å²) in [6, 6.07) is 10.5. The molecule has 1 aromatic heterocycles. The largest absolute Gasteiger partial charge is 0.371 e. The Morgan fingerprint density at radius 2 is 2.00 bits per heavy atom. The fourth-order valence-electron chi connectivity index (χ4n) is 2.16. The van der Waals surface area contributed by atoms with E-state index < -0.39 is 0 Å². The Hall–Kier alpha value is -1.81. The van der Waals surface area contributed by atoms with Crippen LogP contribution in [0.5, 0.6) is 0 Å². The number of hydrogen-bond donors (Lipinski definition) is 1. The summed E-state index contributed by atoms with van der Waals surface area (Å²) < 4.78 is 1.85. The van der Waals surface area contributed by atoms with Crippen LogP contribution in [-0.2, 0) is 13.5 Å². The fraction of sp³-hybridized carbons (Fsp3) is 0.400. The zero-order chi connectivity index (χ0) is 13.5. The molecule has 2 rings (SSSR count). The summed E-state index contributed by atoms with van der Waals surface area (Å²) in [6.45, 7) is 2.73. The Bertz CT molecular complexity index is 478. The SMILES string of the molecule is Cn1cc(CCN(CCCN)c2ccccc2)cn1. The van der Waals surface area contributed by atoms with Gasteiger partial charge in [0, 0.05) is 32.0 Å². The van der Waals surface area contributed by atoms with Gasteiger partial charge in [0.25, 0.3) is 0 Å². The van der Waals surface area contributed by atoms with Crippen LogP contribution in [0.25, 0.3) is 0 Å². The number of rotatable bonds is 7. The lowest BCUT2D eigenvalue weighted by atomic mass is 10.2. The van der Waals surface area contributed by atoms with E-state index in [1.807, 2.05) is 24.0 Å². The predicted octanol–water partition coefficient (Wildman–Crippen LogP) is 1.82. The molecule has 0 fully saturated rings. The third kappa shape index (κ3) is 4.10. The van der Waals surface area contributed by atoms with Crippen molar-refractivity contribution in [3.05, 3.63) is 48.3 Å². The molecule has 0 saturated heterocycles. The van der Waals surface area contributed by atoms with E-state index in [1.54, 1.807) is 0 Å². The number of aromatic nitrogens is 2. The van der Waals surface area contributed by atoms with Crippen LogP contribution in [0.2, 0.25) is 0 Å². The molecule has 0 radical (unpaired) electrons. The lowest BCUT2D eigenvalue weighted by Gasteiger charge is -2.24. The summed E-state index contributed by atoms with van der Waals surface area (Å²) in [5.74, 6) is 0. The molecule has 4 nitrogen and oxygen atoms in total. The third-order valence-electron chi connectivity index (χ3n) is 3.18. The first-order valence-corrected chi connectivity index (χ1v) is 6.77. The van der Waals surface area contributed by atoms with Crippen LogP contribution in [-0.4, -0.2) is 29.4 Å². The normalized spacial score (nSPS) is 10.6. The highest BCUT2D eigenvalue weighted by Gasteiger charge is 2.06. The van der Waals surface area contributed by atoms with Crippen LogP contribution < -0.4 is 10.6 Å². The number of benzene rings is 1. The van der Waals surface area contributed by atoms with E-state index in [0.717, 1.165) is 32.5 Å². The zero-order valence-corrected chi connectivity index (χ0v) is 11.5. The molecule has 1 heterocycles. The molecule has 0 amide bonds. The van der Waals surface area contributed by atoms with Gasteiger partial charge in [-0.25, -0.2) is 0 Å². The quantitative estimate of drug-likeness (QED) is 0.824. The molecule has 4 heteroatoms. The van der Waals surface area contributed by atoms with Crippen molar-refractivity contribution in [3.63, 3.8) is 0 Å². The van der Waals surface area contributed by atoms with Crippen molar-refractivity contribution < 1.29 is 0 Å². The molecule has 0 saturated carbocycles. The van der Waals surface area contributed by atoms with Crippen LogP contribution in [0.3, 0.4) is 0 Å². The molecule has 2 N–H and O–H groups in total. The van der Waals surface area contributed by atoms with Gasteiger partial charge in [0.05, 0.1) is 6.20 Å². The van der Waals surface area contributed by atoms with Crippen LogP contribution >= 0.6 is 0 Å². The van der Waals surface area contributed by atoms with Gasteiger partial charge in [-0.3, -0.25) is 4.68 Å². The smallest absolute Gasteiger partial charge is 0.0522 e. The van der Waals surface area contributed by atoms with Crippen LogP contribution in [0.4, 0.5) is 5.69 Å². The maximum atomic E-state index is 5.63. The lowest BCUT2D eigenvalue weighted by Crippen LogP contribution is -2.28. The van der Waals surface area contributed by atoms with Crippen molar-refractivity contribution in [2.45, 2.75) is 12.8 Å². The highest BCUT2D eigenvalue weighted by Crippen LogP contribution is 2.14. The first-order chi connectivity index (χ1) is 9.29. The zero-order valence-electron chi connectivity index (χ0n) is 11.5. The van der Waals surface area contributed by atoms with Crippen molar-refractivity contribution in [1.82, 2.24) is 9.78 Å². The second-order valence-electron chi connectivity index (χ2n) is 4.74. The molecule has 2 aromatic rings. The van der Waals surface area contributed by atoms with Gasteiger partial charge in [0.2, 0.25) is 0 Å². The first kappa shape index (κ1) is 13.6. The summed E-state index contributed by atoms with van der Waals surface area (Å²) in [5.41, 5.74) is 8.16. The molecule has 0 aliphatic carbocycles. The molecule has 0 spiro atoms. The van der Waals surface area contributed by atoms with Gasteiger partial charge in [-0.15, -0.1) is 0 Å². The summed E-state index contributed by atoms with van der Waals surface area (Å²) in [4.78, 5) is 2.39. The highest BCUT2D eigenvalue weighted by atomic mass is 15.2. The van der Waals surface area contributed by atoms with E-state index in [1.165, 1.54) is 11.3 Å². The summed E-state index contributed by atoms with van der Waals surface area (Å²) in [7, 11) is 1.95. The topological polar surface area (TPSA) is 47.1 Å². The summed E-state index contributed by atoms with van der Waals surface area (Å²) in [5, 5.41) is 4.21. The average molecular weight is 258 g/mol. The number of aryl methyl sites for hydroxylation is 1. The van der Waals surface area contributed by atoms with Crippen molar-refractivity contribution in [3.8, 4) is 0 Å². The van der Waals surface area contributed by atoms with E-state index in [-0.39, 0.29) is 0 Å². The van der Waals surface area contributed by atoms with E-state index in [0.29, 0.717) is 0 Å². The Morgan fingerprint density at radius 1 is 1.21 bits per heavy atom. The first-order valence-electron chi connectivity index (χ1n) is 6.77. The van der Waals surface area contributed by atoms with E-state index in [9.17, 15) is 0 Å². The second-order valence-corrected chi connectivity index (χ2v) is 4.74. The molecule has 1 aromatic carbocycles. The molecule has 0 aliphatic heterocycles. The Balaban J connectivity index is 1.97. The third-order valence-corrected chi connectivity index (χ3v) is 3.18. The monoisotopic (exact) mass is 258 g/mol. The van der Waals surface area contributed by atoms with Crippen molar-refractivity contribution in [2.75, 3.05) is 24.5 Å². The second kappa shape index (κ2) is 6.95. The Morgan fingerprint density at radius 3 is 2.63 bits per heavy atom. The van der Waals surface area contributed by atoms with Crippen molar-refractivity contribution in [2.24, 2.45) is 12.8 Å². The minimum absolute atomic E-state index is 0.732. The number of para-hydroxylation sites is 1. The van der Waals surface area contributed by atoms with Crippen LogP contribution in [0.15, 0.2) is 42.7 Å². The Kier molecular flexibility index (Phi) is 4.98. The molecule has 0 aliphatic rings. The van der Waals surface area contributed by atoms with E-state index >= 15 is 0 Å². The average Bonchev–Trinajstić information content (AvgIpc) is 2.86. The van der Waals surface area contributed by atoms with E-state index in [4.69, 9.17) is 5.73 Å². The lowest BCUT2D eigenvalue weighted by molar-refractivity contribution is 0.728. The van der Waals surface area contributed by atoms with Gasteiger partial charge >= 0.3 is 0 Å². The van der Waals surface area contributed by atoms with Gasteiger partial charge in [0.1, 0.15) is 0 Å². The molecule has 19 heavy (non-hydrogen) atoms. The summed E-state index contributed by atoms with van der Waals surface area (Å²) in [6.07, 6.45) is 6.04. The van der Waals surface area contributed by atoms with Gasteiger partial charge in [-0.1, -0.05) is 18.2 Å².